The van der Waals surface area contributed by atoms with Gasteiger partial charge in [-0.3, -0.25) is 4.90 Å². The smallest absolute Gasteiger partial charge is 0.0194 e. The molecule has 1 N–H and O–H groups in total. The number of rotatable bonds is 4. The summed E-state index contributed by atoms with van der Waals surface area (Å²) in [5.74, 6) is 0. The number of thioether (sulfide) groups is 1. The van der Waals surface area contributed by atoms with Crippen molar-refractivity contribution < 1.29 is 0 Å². The first-order valence-corrected chi connectivity index (χ1v) is 7.93. The predicted octanol–water partition coefficient (Wildman–Crippen LogP) is 2.63. The van der Waals surface area contributed by atoms with E-state index in [9.17, 15) is 0 Å². The molecule has 0 spiro atoms. The molecule has 1 saturated heterocycles. The van der Waals surface area contributed by atoms with Crippen LogP contribution in [0.25, 0.3) is 0 Å². The van der Waals surface area contributed by atoms with Crippen molar-refractivity contribution in [1.29, 1.82) is 0 Å². The van der Waals surface area contributed by atoms with Gasteiger partial charge in [0.1, 0.15) is 0 Å². The third kappa shape index (κ3) is 3.50. The molecule has 1 aliphatic heterocycles. The standard InChI is InChI=1S/C15H24N2S/c1-15(2,17-10-8-16-9-11-17)12-13-4-6-14(18-3)7-5-13/h4-7,16H,8-12H2,1-3H3. The highest BCUT2D eigenvalue weighted by Gasteiger charge is 2.27. The minimum absolute atomic E-state index is 0.253. The Hall–Kier alpha value is -0.510. The van der Waals surface area contributed by atoms with Crippen molar-refractivity contribution >= 4 is 11.8 Å². The normalized spacial score (nSPS) is 17.9. The zero-order chi connectivity index (χ0) is 13.0. The zero-order valence-electron chi connectivity index (χ0n) is 11.7. The molecule has 0 amide bonds. The van der Waals surface area contributed by atoms with Gasteiger partial charge in [0.15, 0.2) is 0 Å². The van der Waals surface area contributed by atoms with Gasteiger partial charge < -0.3 is 5.32 Å². The van der Waals surface area contributed by atoms with Gasteiger partial charge in [-0.15, -0.1) is 11.8 Å². The average molecular weight is 264 g/mol. The summed E-state index contributed by atoms with van der Waals surface area (Å²) >= 11 is 1.80. The summed E-state index contributed by atoms with van der Waals surface area (Å²) in [5.41, 5.74) is 1.69. The minimum Gasteiger partial charge on any atom is -0.314 e. The molecular weight excluding hydrogens is 240 g/mol. The topological polar surface area (TPSA) is 15.3 Å². The van der Waals surface area contributed by atoms with E-state index in [-0.39, 0.29) is 5.54 Å². The van der Waals surface area contributed by atoms with Crippen LogP contribution in [0, 0.1) is 0 Å². The van der Waals surface area contributed by atoms with Crippen LogP contribution in [-0.2, 0) is 6.42 Å². The van der Waals surface area contributed by atoms with E-state index in [1.165, 1.54) is 10.5 Å². The van der Waals surface area contributed by atoms with Gasteiger partial charge in [0, 0.05) is 36.6 Å². The molecule has 0 aromatic heterocycles. The molecule has 0 unspecified atom stereocenters. The fourth-order valence-corrected chi connectivity index (χ4v) is 3.03. The summed E-state index contributed by atoms with van der Waals surface area (Å²) in [6, 6.07) is 9.01. The van der Waals surface area contributed by atoms with Gasteiger partial charge >= 0.3 is 0 Å². The van der Waals surface area contributed by atoms with Crippen LogP contribution in [0.4, 0.5) is 0 Å². The number of nitrogens with one attached hydrogen (secondary N) is 1. The van der Waals surface area contributed by atoms with Crippen molar-refractivity contribution in [3.05, 3.63) is 29.8 Å². The fraction of sp³-hybridized carbons (Fsp3) is 0.600. The highest BCUT2D eigenvalue weighted by molar-refractivity contribution is 7.98. The number of benzene rings is 1. The molecule has 2 nitrogen and oxygen atoms in total. The van der Waals surface area contributed by atoms with Crippen molar-refractivity contribution in [1.82, 2.24) is 10.2 Å². The average Bonchev–Trinajstić information content (AvgIpc) is 2.40. The van der Waals surface area contributed by atoms with Crippen molar-refractivity contribution in [3.63, 3.8) is 0 Å². The molecule has 0 atom stereocenters. The van der Waals surface area contributed by atoms with Crippen LogP contribution >= 0.6 is 11.8 Å². The van der Waals surface area contributed by atoms with Gasteiger partial charge in [-0.1, -0.05) is 12.1 Å². The summed E-state index contributed by atoms with van der Waals surface area (Å²) in [5, 5.41) is 3.42. The van der Waals surface area contributed by atoms with Crippen LogP contribution in [0.1, 0.15) is 19.4 Å². The van der Waals surface area contributed by atoms with Gasteiger partial charge in [-0.05, 0) is 44.2 Å². The molecule has 3 heteroatoms. The van der Waals surface area contributed by atoms with E-state index in [4.69, 9.17) is 0 Å². The predicted molar refractivity (Wildman–Crippen MR) is 80.4 cm³/mol. The third-order valence-corrected chi connectivity index (χ3v) is 4.51. The lowest BCUT2D eigenvalue weighted by molar-refractivity contribution is 0.103. The maximum atomic E-state index is 3.42. The number of hydrogen-bond donors (Lipinski definition) is 1. The highest BCUT2D eigenvalue weighted by atomic mass is 32.2. The van der Waals surface area contributed by atoms with Crippen LogP contribution in [0.3, 0.4) is 0 Å². The second kappa shape index (κ2) is 6.09. The Balaban J connectivity index is 2.01. The van der Waals surface area contributed by atoms with Crippen molar-refractivity contribution in [2.75, 3.05) is 32.4 Å². The van der Waals surface area contributed by atoms with Crippen LogP contribution in [-0.4, -0.2) is 42.9 Å². The highest BCUT2D eigenvalue weighted by Crippen LogP contribution is 2.22. The van der Waals surface area contributed by atoms with Gasteiger partial charge in [-0.25, -0.2) is 0 Å². The Morgan fingerprint density at radius 1 is 1.17 bits per heavy atom. The van der Waals surface area contributed by atoms with E-state index in [2.05, 4.69) is 54.6 Å². The SMILES string of the molecule is CSc1ccc(CC(C)(C)N2CCNCC2)cc1. The lowest BCUT2D eigenvalue weighted by Gasteiger charge is -2.41. The van der Waals surface area contributed by atoms with Crippen LogP contribution in [0.15, 0.2) is 29.2 Å². The minimum atomic E-state index is 0.253. The maximum Gasteiger partial charge on any atom is 0.0194 e. The third-order valence-electron chi connectivity index (χ3n) is 3.77. The molecule has 1 aromatic carbocycles. The van der Waals surface area contributed by atoms with E-state index in [0.29, 0.717) is 0 Å². The number of piperazine rings is 1. The largest absolute Gasteiger partial charge is 0.314 e. The summed E-state index contributed by atoms with van der Waals surface area (Å²) in [4.78, 5) is 3.95. The maximum absolute atomic E-state index is 3.42. The summed E-state index contributed by atoms with van der Waals surface area (Å²) in [6.45, 7) is 9.29. The van der Waals surface area contributed by atoms with Gasteiger partial charge in [0.25, 0.3) is 0 Å². The van der Waals surface area contributed by atoms with Crippen molar-refractivity contribution in [2.45, 2.75) is 30.7 Å². The first kappa shape index (κ1) is 13.9. The lowest BCUT2D eigenvalue weighted by Crippen LogP contribution is -2.54. The second-order valence-electron chi connectivity index (χ2n) is 5.57. The van der Waals surface area contributed by atoms with E-state index < -0.39 is 0 Å². The molecule has 1 aliphatic rings. The first-order chi connectivity index (χ1) is 8.62. The lowest BCUT2D eigenvalue weighted by atomic mass is 9.92. The van der Waals surface area contributed by atoms with Crippen molar-refractivity contribution in [2.24, 2.45) is 0 Å². The van der Waals surface area contributed by atoms with E-state index >= 15 is 0 Å². The summed E-state index contributed by atoms with van der Waals surface area (Å²) < 4.78 is 0. The Morgan fingerprint density at radius 3 is 2.33 bits per heavy atom. The molecule has 0 saturated carbocycles. The molecule has 18 heavy (non-hydrogen) atoms. The Labute approximate surface area is 115 Å². The molecule has 2 rings (SSSR count). The van der Waals surface area contributed by atoms with E-state index in [1.54, 1.807) is 11.8 Å². The second-order valence-corrected chi connectivity index (χ2v) is 6.45. The summed E-state index contributed by atoms with van der Waals surface area (Å²) in [7, 11) is 0. The van der Waals surface area contributed by atoms with Crippen LogP contribution in [0.2, 0.25) is 0 Å². The quantitative estimate of drug-likeness (QED) is 0.842. The van der Waals surface area contributed by atoms with Gasteiger partial charge in [0.2, 0.25) is 0 Å². The van der Waals surface area contributed by atoms with E-state index in [0.717, 1.165) is 32.6 Å². The molecule has 100 valence electrons. The van der Waals surface area contributed by atoms with E-state index in [1.807, 2.05) is 0 Å². The molecule has 0 aliphatic carbocycles. The van der Waals surface area contributed by atoms with Gasteiger partial charge in [-0.2, -0.15) is 0 Å². The fourth-order valence-electron chi connectivity index (χ4n) is 2.62. The summed E-state index contributed by atoms with van der Waals surface area (Å²) in [6.07, 6.45) is 3.25. The first-order valence-electron chi connectivity index (χ1n) is 6.70. The number of hydrogen-bond acceptors (Lipinski definition) is 3. The zero-order valence-corrected chi connectivity index (χ0v) is 12.5. The number of nitrogens with zero attached hydrogens (tertiary/aromatic N) is 1. The van der Waals surface area contributed by atoms with Gasteiger partial charge in [0.05, 0.1) is 0 Å². The Kier molecular flexibility index (Phi) is 4.71. The Morgan fingerprint density at radius 2 is 1.78 bits per heavy atom. The molecule has 1 aromatic rings. The molecular formula is C15H24N2S. The molecule has 1 heterocycles. The van der Waals surface area contributed by atoms with Crippen LogP contribution in [0.5, 0.6) is 0 Å². The Bertz CT molecular complexity index is 367. The molecule has 1 fully saturated rings. The monoisotopic (exact) mass is 264 g/mol. The molecule has 0 radical (unpaired) electrons. The molecule has 0 bridgehead atoms. The van der Waals surface area contributed by atoms with Crippen molar-refractivity contribution in [3.8, 4) is 0 Å². The van der Waals surface area contributed by atoms with Crippen LogP contribution < -0.4 is 5.32 Å².